The minimum atomic E-state index is 0. The van der Waals surface area contributed by atoms with Gasteiger partial charge in [-0.2, -0.15) is 0 Å². The van der Waals surface area contributed by atoms with Crippen LogP contribution in [0.2, 0.25) is 0 Å². The summed E-state index contributed by atoms with van der Waals surface area (Å²) in [6.07, 6.45) is 6.10. The minimum Gasteiger partial charge on any atom is -0.300 e. The summed E-state index contributed by atoms with van der Waals surface area (Å²) < 4.78 is 0. The Balaban J connectivity index is 0. The first-order valence-electron chi connectivity index (χ1n) is 4.33. The fourth-order valence-corrected chi connectivity index (χ4v) is 0.976. The largest absolute Gasteiger partial charge is 0.300 e. The second-order valence-corrected chi connectivity index (χ2v) is 2.75. The van der Waals surface area contributed by atoms with E-state index in [2.05, 4.69) is 13.8 Å². The fourth-order valence-electron chi connectivity index (χ4n) is 0.976. The Morgan fingerprint density at radius 1 is 1.00 bits per heavy atom. The molecule has 0 amide bonds. The summed E-state index contributed by atoms with van der Waals surface area (Å²) in [5, 5.41) is 0. The molecule has 0 rings (SSSR count). The summed E-state index contributed by atoms with van der Waals surface area (Å²) in [4.78, 5) is 10.9. The molecule has 68 valence electrons. The second kappa shape index (κ2) is 9.96. The maximum Gasteiger partial charge on any atom is 0.132 e. The fraction of sp³-hybridized carbons (Fsp3) is 0.889. The summed E-state index contributed by atoms with van der Waals surface area (Å²) >= 11 is 0. The van der Waals surface area contributed by atoms with Crippen molar-refractivity contribution < 1.29 is 4.79 Å². The van der Waals surface area contributed by atoms with Gasteiger partial charge in [-0.15, -0.1) is 12.4 Å². The highest BCUT2D eigenvalue weighted by molar-refractivity contribution is 5.85. The maximum atomic E-state index is 10.9. The van der Waals surface area contributed by atoms with E-state index in [9.17, 15) is 4.79 Å². The van der Waals surface area contributed by atoms with Gasteiger partial charge in [-0.1, -0.05) is 26.7 Å². The highest BCUT2D eigenvalue weighted by Gasteiger charge is 1.97. The highest BCUT2D eigenvalue weighted by Crippen LogP contribution is 2.02. The number of hydrogen-bond donors (Lipinski definition) is 0. The lowest BCUT2D eigenvalue weighted by molar-refractivity contribution is -0.119. The first kappa shape index (κ1) is 13.5. The summed E-state index contributed by atoms with van der Waals surface area (Å²) in [7, 11) is 0. The molecule has 0 aliphatic carbocycles. The van der Waals surface area contributed by atoms with Gasteiger partial charge in [0, 0.05) is 12.8 Å². The highest BCUT2D eigenvalue weighted by atomic mass is 35.5. The lowest BCUT2D eigenvalue weighted by Gasteiger charge is -1.96. The molecular weight excluding hydrogens is 160 g/mol. The van der Waals surface area contributed by atoms with E-state index in [1.807, 2.05) is 0 Å². The van der Waals surface area contributed by atoms with Crippen LogP contribution in [0.4, 0.5) is 0 Å². The van der Waals surface area contributed by atoms with Crippen LogP contribution < -0.4 is 0 Å². The summed E-state index contributed by atoms with van der Waals surface area (Å²) in [6.45, 7) is 4.21. The number of rotatable bonds is 6. The number of Topliss-reactive ketones (excluding diaryl/α,β-unsaturated/α-hetero) is 1. The Hall–Kier alpha value is -0.0400. The lowest BCUT2D eigenvalue weighted by atomic mass is 10.1. The molecule has 0 aliphatic heterocycles. The van der Waals surface area contributed by atoms with E-state index in [-0.39, 0.29) is 12.4 Å². The quantitative estimate of drug-likeness (QED) is 0.570. The molecule has 0 aromatic heterocycles. The minimum absolute atomic E-state index is 0. The van der Waals surface area contributed by atoms with Gasteiger partial charge in [0.05, 0.1) is 0 Å². The molecule has 0 aliphatic rings. The number of hydrogen-bond acceptors (Lipinski definition) is 1. The van der Waals surface area contributed by atoms with Crippen LogP contribution >= 0.6 is 12.4 Å². The van der Waals surface area contributed by atoms with E-state index in [0.29, 0.717) is 5.78 Å². The molecular formula is C9H19ClO. The molecule has 0 N–H and O–H groups in total. The molecule has 0 aromatic carbocycles. The molecule has 0 radical (unpaired) electrons. The van der Waals surface area contributed by atoms with E-state index in [1.165, 1.54) is 12.8 Å². The van der Waals surface area contributed by atoms with Crippen LogP contribution in [0.15, 0.2) is 0 Å². The number of ketones is 1. The van der Waals surface area contributed by atoms with Crippen molar-refractivity contribution in [3.05, 3.63) is 0 Å². The van der Waals surface area contributed by atoms with Crippen molar-refractivity contribution in [3.8, 4) is 0 Å². The molecule has 0 fully saturated rings. The maximum absolute atomic E-state index is 10.9. The van der Waals surface area contributed by atoms with Crippen LogP contribution in [-0.2, 0) is 4.79 Å². The monoisotopic (exact) mass is 178 g/mol. The van der Waals surface area contributed by atoms with Gasteiger partial charge in [0.25, 0.3) is 0 Å². The molecule has 2 heteroatoms. The van der Waals surface area contributed by atoms with Crippen molar-refractivity contribution in [1.82, 2.24) is 0 Å². The van der Waals surface area contributed by atoms with Gasteiger partial charge in [0.2, 0.25) is 0 Å². The summed E-state index contributed by atoms with van der Waals surface area (Å²) in [6, 6.07) is 0. The Bertz CT molecular complexity index is 91.6. The van der Waals surface area contributed by atoms with Gasteiger partial charge in [-0.25, -0.2) is 0 Å². The van der Waals surface area contributed by atoms with Gasteiger partial charge >= 0.3 is 0 Å². The molecule has 1 nitrogen and oxygen atoms in total. The number of unbranched alkanes of at least 4 members (excludes halogenated alkanes) is 2. The first-order chi connectivity index (χ1) is 4.81. The van der Waals surface area contributed by atoms with Crippen molar-refractivity contribution in [2.45, 2.75) is 52.4 Å². The van der Waals surface area contributed by atoms with E-state index in [4.69, 9.17) is 0 Å². The Labute approximate surface area is 76.0 Å². The van der Waals surface area contributed by atoms with Crippen molar-refractivity contribution in [2.75, 3.05) is 0 Å². The van der Waals surface area contributed by atoms with E-state index in [0.717, 1.165) is 25.7 Å². The van der Waals surface area contributed by atoms with Gasteiger partial charge in [0.15, 0.2) is 0 Å². The average molecular weight is 179 g/mol. The number of carbonyl (C=O) groups excluding carboxylic acids is 1. The van der Waals surface area contributed by atoms with Crippen LogP contribution in [0, 0.1) is 0 Å². The summed E-state index contributed by atoms with van der Waals surface area (Å²) in [5.74, 6) is 0.441. The SMILES string of the molecule is CCCCCC(=O)CCC.Cl. The molecule has 0 spiro atoms. The number of carbonyl (C=O) groups is 1. The van der Waals surface area contributed by atoms with Crippen LogP contribution in [0.5, 0.6) is 0 Å². The molecule has 0 saturated heterocycles. The topological polar surface area (TPSA) is 17.1 Å². The molecule has 0 unspecified atom stereocenters. The smallest absolute Gasteiger partial charge is 0.132 e. The lowest BCUT2D eigenvalue weighted by Crippen LogP contribution is -1.95. The Kier molecular flexibility index (Phi) is 12.3. The van der Waals surface area contributed by atoms with E-state index in [1.54, 1.807) is 0 Å². The van der Waals surface area contributed by atoms with Gasteiger partial charge < -0.3 is 0 Å². The third kappa shape index (κ3) is 9.96. The van der Waals surface area contributed by atoms with Crippen LogP contribution in [0.25, 0.3) is 0 Å². The first-order valence-corrected chi connectivity index (χ1v) is 4.33. The third-order valence-electron chi connectivity index (χ3n) is 1.59. The molecule has 0 saturated carbocycles. The van der Waals surface area contributed by atoms with Crippen LogP contribution in [0.1, 0.15) is 52.4 Å². The van der Waals surface area contributed by atoms with Crippen LogP contribution in [-0.4, -0.2) is 5.78 Å². The molecule has 11 heavy (non-hydrogen) atoms. The van der Waals surface area contributed by atoms with Crippen molar-refractivity contribution >= 4 is 18.2 Å². The Morgan fingerprint density at radius 2 is 1.64 bits per heavy atom. The predicted molar refractivity (Wildman–Crippen MR) is 51.3 cm³/mol. The second-order valence-electron chi connectivity index (χ2n) is 2.75. The van der Waals surface area contributed by atoms with Crippen LogP contribution in [0.3, 0.4) is 0 Å². The summed E-state index contributed by atoms with van der Waals surface area (Å²) in [5.41, 5.74) is 0. The third-order valence-corrected chi connectivity index (χ3v) is 1.59. The zero-order valence-corrected chi connectivity index (χ0v) is 8.38. The molecule has 0 atom stereocenters. The zero-order valence-electron chi connectivity index (χ0n) is 7.56. The van der Waals surface area contributed by atoms with E-state index >= 15 is 0 Å². The molecule has 0 aromatic rings. The normalized spacial score (nSPS) is 8.91. The van der Waals surface area contributed by atoms with E-state index < -0.39 is 0 Å². The standard InChI is InChI=1S/C9H18O.ClH/c1-3-5-6-8-9(10)7-4-2;/h3-8H2,1-2H3;1H. The van der Waals surface area contributed by atoms with Gasteiger partial charge in [0.1, 0.15) is 5.78 Å². The van der Waals surface area contributed by atoms with Gasteiger partial charge in [-0.3, -0.25) is 4.79 Å². The predicted octanol–water partition coefficient (Wildman–Crippen LogP) is 3.36. The zero-order chi connectivity index (χ0) is 7.82. The number of halogens is 1. The van der Waals surface area contributed by atoms with Crippen molar-refractivity contribution in [2.24, 2.45) is 0 Å². The van der Waals surface area contributed by atoms with Crippen molar-refractivity contribution in [3.63, 3.8) is 0 Å². The van der Waals surface area contributed by atoms with Crippen molar-refractivity contribution in [1.29, 1.82) is 0 Å². The average Bonchev–Trinajstić information content (AvgIpc) is 1.89. The Morgan fingerprint density at radius 3 is 2.09 bits per heavy atom. The van der Waals surface area contributed by atoms with Gasteiger partial charge in [-0.05, 0) is 12.8 Å². The molecule has 0 bridgehead atoms. The molecule has 0 heterocycles.